The van der Waals surface area contributed by atoms with E-state index in [-0.39, 0.29) is 12.1 Å². The fraction of sp³-hybridized carbons (Fsp3) is 0.567. The van der Waals surface area contributed by atoms with Crippen LogP contribution in [0.4, 0.5) is 0 Å². The third-order valence-electron chi connectivity index (χ3n) is 9.08. The standard InChI is InChI=1S/C30H41N2O3/c1-30(26-13-7-3-8-14-26,31-18-9-4-10-19-31)29(34)35-28-23-32(20-15-25(28)16-21-32)22-17-27(33)24-11-5-2-6-12-24/h2-3,5-8,11-14,25,27-28,33H,4,9-10,15-23H2,1H3/q+1/t25?,27-,28-,30-,32?/m0/s1. The van der Waals surface area contributed by atoms with Gasteiger partial charge in [-0.25, -0.2) is 4.79 Å². The summed E-state index contributed by atoms with van der Waals surface area (Å²) in [4.78, 5) is 16.3. The number of hydrogen-bond donors (Lipinski definition) is 1. The first-order chi connectivity index (χ1) is 17.0. The fourth-order valence-electron chi connectivity index (χ4n) is 6.69. The lowest BCUT2D eigenvalue weighted by Gasteiger charge is -2.53. The van der Waals surface area contributed by atoms with Crippen molar-refractivity contribution in [3.05, 3.63) is 71.8 Å². The zero-order valence-electron chi connectivity index (χ0n) is 21.1. The second-order valence-electron chi connectivity index (χ2n) is 11.2. The second-order valence-corrected chi connectivity index (χ2v) is 11.2. The van der Waals surface area contributed by atoms with Crippen LogP contribution in [0, 0.1) is 5.92 Å². The van der Waals surface area contributed by atoms with Crippen LogP contribution in [0.1, 0.15) is 62.7 Å². The Hall–Kier alpha value is -2.21. The molecule has 0 unspecified atom stereocenters. The molecule has 0 spiro atoms. The number of carbonyl (C=O) groups excluding carboxylic acids is 1. The molecule has 4 aliphatic heterocycles. The first kappa shape index (κ1) is 24.5. The molecule has 4 heterocycles. The molecule has 4 aliphatic rings. The van der Waals surface area contributed by atoms with Crippen molar-refractivity contribution in [2.24, 2.45) is 5.92 Å². The first-order valence-corrected chi connectivity index (χ1v) is 13.6. The molecule has 35 heavy (non-hydrogen) atoms. The van der Waals surface area contributed by atoms with E-state index >= 15 is 0 Å². The molecular weight excluding hydrogens is 436 g/mol. The van der Waals surface area contributed by atoms with Crippen molar-refractivity contribution < 1.29 is 19.1 Å². The van der Waals surface area contributed by atoms with Crippen LogP contribution in [0.2, 0.25) is 0 Å². The van der Waals surface area contributed by atoms with E-state index in [1.165, 1.54) is 6.42 Å². The fourth-order valence-corrected chi connectivity index (χ4v) is 6.69. The van der Waals surface area contributed by atoms with Gasteiger partial charge in [-0.2, -0.15) is 0 Å². The molecule has 0 aliphatic carbocycles. The molecule has 0 saturated carbocycles. The minimum Gasteiger partial charge on any atom is -0.454 e. The number of hydrogen-bond acceptors (Lipinski definition) is 4. The number of benzene rings is 2. The van der Waals surface area contributed by atoms with Crippen LogP contribution in [0.5, 0.6) is 0 Å². The van der Waals surface area contributed by atoms with Gasteiger partial charge in [0.1, 0.15) is 12.1 Å². The molecule has 2 aromatic carbocycles. The van der Waals surface area contributed by atoms with Gasteiger partial charge >= 0.3 is 5.97 Å². The average molecular weight is 478 g/mol. The van der Waals surface area contributed by atoms with Crippen LogP contribution in [-0.4, -0.2) is 65.8 Å². The van der Waals surface area contributed by atoms with Crippen molar-refractivity contribution in [1.82, 2.24) is 4.90 Å². The molecule has 6 rings (SSSR count). The molecule has 2 bridgehead atoms. The highest BCUT2D eigenvalue weighted by Gasteiger charge is 2.50. The largest absolute Gasteiger partial charge is 0.454 e. The monoisotopic (exact) mass is 477 g/mol. The number of piperidine rings is 4. The molecule has 5 nitrogen and oxygen atoms in total. The van der Waals surface area contributed by atoms with Crippen LogP contribution in [0.3, 0.4) is 0 Å². The highest BCUT2D eigenvalue weighted by molar-refractivity contribution is 5.82. The summed E-state index contributed by atoms with van der Waals surface area (Å²) in [6.07, 6.45) is 5.96. The Morgan fingerprint density at radius 3 is 2.31 bits per heavy atom. The summed E-state index contributed by atoms with van der Waals surface area (Å²) in [5.74, 6) is 0.367. The number of quaternary nitrogens is 1. The SMILES string of the molecule is C[C@@](C(=O)O[C@H]1C[N+]2(CC[C@H](O)c3ccccc3)CCC1CC2)(c1ccccc1)N1CCCCC1. The topological polar surface area (TPSA) is 49.8 Å². The Bertz CT molecular complexity index is 968. The van der Waals surface area contributed by atoms with Gasteiger partial charge in [-0.05, 0) is 44.0 Å². The lowest BCUT2D eigenvalue weighted by Crippen LogP contribution is -2.65. The Morgan fingerprint density at radius 2 is 1.66 bits per heavy atom. The summed E-state index contributed by atoms with van der Waals surface area (Å²) in [6, 6.07) is 20.2. The molecule has 4 fully saturated rings. The van der Waals surface area contributed by atoms with Gasteiger partial charge in [-0.3, -0.25) is 4.90 Å². The molecular formula is C30H41N2O3+. The summed E-state index contributed by atoms with van der Waals surface area (Å²) in [5.41, 5.74) is 1.27. The molecule has 4 saturated heterocycles. The van der Waals surface area contributed by atoms with E-state index in [4.69, 9.17) is 4.74 Å². The number of aliphatic hydroxyl groups is 1. The third kappa shape index (κ3) is 5.04. The summed E-state index contributed by atoms with van der Waals surface area (Å²) in [6.45, 7) is 8.00. The average Bonchev–Trinajstić information content (AvgIpc) is 2.93. The molecule has 188 valence electrons. The smallest absolute Gasteiger partial charge is 0.331 e. The van der Waals surface area contributed by atoms with Crippen LogP contribution >= 0.6 is 0 Å². The van der Waals surface area contributed by atoms with Crippen molar-refractivity contribution in [1.29, 1.82) is 0 Å². The Kier molecular flexibility index (Phi) is 7.29. The number of rotatable bonds is 8. The molecule has 0 radical (unpaired) electrons. The van der Waals surface area contributed by atoms with E-state index in [0.717, 1.165) is 87.0 Å². The lowest BCUT2D eigenvalue weighted by atomic mass is 9.82. The van der Waals surface area contributed by atoms with E-state index in [9.17, 15) is 9.90 Å². The molecule has 0 aromatic heterocycles. The minimum atomic E-state index is -0.748. The predicted octanol–water partition coefficient (Wildman–Crippen LogP) is 4.66. The van der Waals surface area contributed by atoms with Gasteiger partial charge in [-0.15, -0.1) is 0 Å². The maximum atomic E-state index is 14.0. The number of fused-ring (bicyclic) bond motifs is 3. The van der Waals surface area contributed by atoms with Gasteiger partial charge in [0.15, 0.2) is 6.10 Å². The molecule has 3 atom stereocenters. The van der Waals surface area contributed by atoms with Gasteiger partial charge in [0.25, 0.3) is 0 Å². The number of ether oxygens (including phenoxy) is 1. The van der Waals surface area contributed by atoms with Crippen molar-refractivity contribution in [2.45, 2.75) is 63.2 Å². The Morgan fingerprint density at radius 1 is 1.03 bits per heavy atom. The van der Waals surface area contributed by atoms with Gasteiger partial charge in [0.2, 0.25) is 0 Å². The van der Waals surface area contributed by atoms with Gasteiger partial charge in [-0.1, -0.05) is 67.1 Å². The van der Waals surface area contributed by atoms with E-state index in [2.05, 4.69) is 24.0 Å². The van der Waals surface area contributed by atoms with E-state index in [1.807, 2.05) is 48.5 Å². The number of carbonyl (C=O) groups is 1. The highest BCUT2D eigenvalue weighted by atomic mass is 16.5. The molecule has 2 aromatic rings. The molecule has 5 heteroatoms. The van der Waals surface area contributed by atoms with Crippen LogP contribution < -0.4 is 0 Å². The summed E-state index contributed by atoms with van der Waals surface area (Å²) in [5, 5.41) is 10.8. The summed E-state index contributed by atoms with van der Waals surface area (Å²) >= 11 is 0. The molecule has 1 N–H and O–H groups in total. The minimum absolute atomic E-state index is 0.0355. The maximum Gasteiger partial charge on any atom is 0.331 e. The van der Waals surface area contributed by atoms with Crippen molar-refractivity contribution in [3.63, 3.8) is 0 Å². The van der Waals surface area contributed by atoms with E-state index in [0.29, 0.717) is 5.92 Å². The summed E-state index contributed by atoms with van der Waals surface area (Å²) < 4.78 is 7.42. The predicted molar refractivity (Wildman–Crippen MR) is 138 cm³/mol. The highest BCUT2D eigenvalue weighted by Crippen LogP contribution is 2.39. The van der Waals surface area contributed by atoms with Crippen molar-refractivity contribution >= 4 is 5.97 Å². The van der Waals surface area contributed by atoms with Gasteiger partial charge < -0.3 is 14.3 Å². The number of likely N-dealkylation sites (tertiary alicyclic amines) is 1. The number of nitrogens with zero attached hydrogens (tertiary/aromatic N) is 2. The zero-order valence-corrected chi connectivity index (χ0v) is 21.1. The quantitative estimate of drug-likeness (QED) is 0.444. The van der Waals surface area contributed by atoms with Crippen LogP contribution in [0.25, 0.3) is 0 Å². The maximum absolute atomic E-state index is 14.0. The normalized spacial score (nSPS) is 29.3. The van der Waals surface area contributed by atoms with Crippen LogP contribution in [0.15, 0.2) is 60.7 Å². The van der Waals surface area contributed by atoms with E-state index in [1.54, 1.807) is 0 Å². The molecule has 0 amide bonds. The van der Waals surface area contributed by atoms with Crippen molar-refractivity contribution in [2.75, 3.05) is 39.3 Å². The first-order valence-electron chi connectivity index (χ1n) is 13.6. The van der Waals surface area contributed by atoms with Gasteiger partial charge in [0.05, 0.1) is 25.7 Å². The number of esters is 1. The summed E-state index contributed by atoms with van der Waals surface area (Å²) in [7, 11) is 0. The third-order valence-corrected chi connectivity index (χ3v) is 9.08. The van der Waals surface area contributed by atoms with Crippen molar-refractivity contribution in [3.8, 4) is 0 Å². The van der Waals surface area contributed by atoms with E-state index < -0.39 is 11.6 Å². The second kappa shape index (κ2) is 10.4. The van der Waals surface area contributed by atoms with Gasteiger partial charge in [0, 0.05) is 25.2 Å². The van der Waals surface area contributed by atoms with Crippen LogP contribution in [-0.2, 0) is 15.1 Å². The number of aliphatic hydroxyl groups excluding tert-OH is 1. The zero-order chi connectivity index (χ0) is 24.3. The Balaban J connectivity index is 1.29. The Labute approximate surface area is 210 Å². The lowest BCUT2D eigenvalue weighted by molar-refractivity contribution is -0.946.